The predicted molar refractivity (Wildman–Crippen MR) is 114 cm³/mol. The van der Waals surface area contributed by atoms with E-state index in [1.807, 2.05) is 6.92 Å². The van der Waals surface area contributed by atoms with E-state index in [0.717, 1.165) is 11.2 Å². The molecule has 4 aromatic heterocycles. The first-order valence-corrected chi connectivity index (χ1v) is 9.79. The van der Waals surface area contributed by atoms with E-state index in [1.165, 1.54) is 49.2 Å². The lowest BCUT2D eigenvalue weighted by molar-refractivity contribution is 0.262. The Morgan fingerprint density at radius 2 is 2.07 bits per heavy atom. The van der Waals surface area contributed by atoms with E-state index >= 15 is 0 Å². The summed E-state index contributed by atoms with van der Waals surface area (Å²) >= 11 is 7.42. The number of hydrogen-bond acceptors (Lipinski definition) is 7. The second kappa shape index (κ2) is 8.17. The van der Waals surface area contributed by atoms with Gasteiger partial charge in [0.25, 0.3) is 0 Å². The second-order valence-electron chi connectivity index (χ2n) is 6.08. The fourth-order valence-electron chi connectivity index (χ4n) is 2.86. The fourth-order valence-corrected chi connectivity index (χ4v) is 3.87. The molecule has 30 heavy (non-hydrogen) atoms. The maximum atomic E-state index is 14.5. The number of pyridine rings is 3. The van der Waals surface area contributed by atoms with Crippen LogP contribution in [-0.2, 0) is 0 Å². The molecule has 0 atom stereocenters. The van der Waals surface area contributed by atoms with Crippen molar-refractivity contribution in [2.24, 2.45) is 0 Å². The van der Waals surface area contributed by atoms with Crippen LogP contribution in [0.2, 0.25) is 5.02 Å². The molecule has 0 fully saturated rings. The molecule has 0 aliphatic heterocycles. The number of methoxy groups -OCH3 is 1. The van der Waals surface area contributed by atoms with Crippen molar-refractivity contribution in [2.75, 3.05) is 17.7 Å². The number of ether oxygens (including phenoxy) is 1. The molecule has 2 N–H and O–H groups in total. The minimum absolute atomic E-state index is 0.242. The van der Waals surface area contributed by atoms with Crippen LogP contribution in [0.1, 0.15) is 5.01 Å². The first kappa shape index (κ1) is 19.9. The van der Waals surface area contributed by atoms with Crippen LogP contribution >= 0.6 is 22.9 Å². The van der Waals surface area contributed by atoms with Crippen molar-refractivity contribution >= 4 is 50.7 Å². The maximum absolute atomic E-state index is 14.5. The maximum Gasteiger partial charge on any atom is 0.323 e. The van der Waals surface area contributed by atoms with Crippen molar-refractivity contribution < 1.29 is 13.9 Å². The molecule has 4 rings (SSSR count). The van der Waals surface area contributed by atoms with E-state index in [-0.39, 0.29) is 16.5 Å². The van der Waals surface area contributed by atoms with Crippen LogP contribution in [0.5, 0.6) is 5.88 Å². The highest BCUT2D eigenvalue weighted by atomic mass is 35.5. The Hall–Kier alpha value is -3.37. The monoisotopic (exact) mass is 444 g/mol. The Balaban J connectivity index is 1.70. The van der Waals surface area contributed by atoms with E-state index in [0.29, 0.717) is 27.3 Å². The van der Waals surface area contributed by atoms with Crippen LogP contribution in [0.3, 0.4) is 0 Å². The number of nitrogens with one attached hydrogen (secondary N) is 2. The summed E-state index contributed by atoms with van der Waals surface area (Å²) in [5, 5.41) is 6.34. The third kappa shape index (κ3) is 3.87. The standard InChI is InChI=1S/C19H14ClFN6O2S/c1-9-25-16-15(11-3-4-22-7-13(11)21)14(8-24-18(16)30-9)27-19(28)26-10-5-12(20)17(29-2)23-6-10/h3-8H,1-2H3,(H2,26,27,28). The van der Waals surface area contributed by atoms with Gasteiger partial charge in [0, 0.05) is 17.3 Å². The Kier molecular flexibility index (Phi) is 5.42. The summed E-state index contributed by atoms with van der Waals surface area (Å²) in [4.78, 5) is 29.8. The van der Waals surface area contributed by atoms with E-state index < -0.39 is 11.8 Å². The van der Waals surface area contributed by atoms with Crippen molar-refractivity contribution in [2.45, 2.75) is 6.92 Å². The first-order valence-electron chi connectivity index (χ1n) is 8.60. The summed E-state index contributed by atoms with van der Waals surface area (Å²) in [5.41, 5.74) is 1.82. The molecule has 0 saturated heterocycles. The predicted octanol–water partition coefficient (Wildman–Crippen LogP) is 4.90. The molecule has 0 aliphatic rings. The molecule has 0 aromatic carbocycles. The molecule has 0 bridgehead atoms. The van der Waals surface area contributed by atoms with Gasteiger partial charge in [-0.1, -0.05) is 22.9 Å². The lowest BCUT2D eigenvalue weighted by Crippen LogP contribution is -2.20. The van der Waals surface area contributed by atoms with E-state index in [4.69, 9.17) is 16.3 Å². The first-order chi connectivity index (χ1) is 14.5. The SMILES string of the molecule is COc1ncc(NC(=O)Nc2cnc3sc(C)nc3c2-c2ccncc2F)cc1Cl. The van der Waals surface area contributed by atoms with Gasteiger partial charge in [-0.15, -0.1) is 0 Å². The quantitative estimate of drug-likeness (QED) is 0.464. The Morgan fingerprint density at radius 1 is 1.23 bits per heavy atom. The third-order valence-electron chi connectivity index (χ3n) is 4.08. The summed E-state index contributed by atoms with van der Waals surface area (Å²) in [6, 6.07) is 2.44. The average molecular weight is 445 g/mol. The summed E-state index contributed by atoms with van der Waals surface area (Å²) in [5.74, 6) is -0.295. The summed E-state index contributed by atoms with van der Waals surface area (Å²) in [7, 11) is 1.44. The molecular weight excluding hydrogens is 431 g/mol. The van der Waals surface area contributed by atoms with E-state index in [9.17, 15) is 9.18 Å². The Morgan fingerprint density at radius 3 is 2.80 bits per heavy atom. The number of nitrogens with zero attached hydrogens (tertiary/aromatic N) is 4. The summed E-state index contributed by atoms with van der Waals surface area (Å²) in [6.07, 6.45) is 5.45. The molecular formula is C19H14ClFN6O2S. The van der Waals surface area contributed by atoms with Gasteiger partial charge in [0.1, 0.15) is 21.2 Å². The number of carbonyl (C=O) groups is 1. The largest absolute Gasteiger partial charge is 0.480 e. The van der Waals surface area contributed by atoms with Gasteiger partial charge < -0.3 is 15.4 Å². The van der Waals surface area contributed by atoms with E-state index in [1.54, 1.807) is 0 Å². The van der Waals surface area contributed by atoms with Crippen molar-refractivity contribution in [3.05, 3.63) is 52.8 Å². The highest BCUT2D eigenvalue weighted by Gasteiger charge is 2.19. The third-order valence-corrected chi connectivity index (χ3v) is 5.23. The smallest absolute Gasteiger partial charge is 0.323 e. The normalized spacial score (nSPS) is 10.8. The Labute approximate surface area is 179 Å². The van der Waals surface area contributed by atoms with Gasteiger partial charge in [-0.2, -0.15) is 0 Å². The van der Waals surface area contributed by atoms with Crippen molar-refractivity contribution in [1.82, 2.24) is 19.9 Å². The highest BCUT2D eigenvalue weighted by molar-refractivity contribution is 7.18. The minimum atomic E-state index is -0.582. The number of anilines is 2. The zero-order valence-electron chi connectivity index (χ0n) is 15.7. The van der Waals surface area contributed by atoms with Crippen molar-refractivity contribution in [3.8, 4) is 17.0 Å². The second-order valence-corrected chi connectivity index (χ2v) is 7.67. The number of urea groups is 1. The van der Waals surface area contributed by atoms with Gasteiger partial charge in [-0.3, -0.25) is 4.98 Å². The lowest BCUT2D eigenvalue weighted by Gasteiger charge is -2.13. The van der Waals surface area contributed by atoms with E-state index in [2.05, 4.69) is 30.6 Å². The van der Waals surface area contributed by atoms with Crippen LogP contribution in [0.15, 0.2) is 36.9 Å². The summed E-state index contributed by atoms with van der Waals surface area (Å²) in [6.45, 7) is 1.83. The minimum Gasteiger partial charge on any atom is -0.480 e. The van der Waals surface area contributed by atoms with Gasteiger partial charge in [-0.05, 0) is 19.1 Å². The molecule has 0 spiro atoms. The van der Waals surface area contributed by atoms with Crippen LogP contribution in [0.25, 0.3) is 21.5 Å². The molecule has 11 heteroatoms. The van der Waals surface area contributed by atoms with Crippen LogP contribution in [-0.4, -0.2) is 33.1 Å². The number of halogens is 2. The number of rotatable bonds is 4. The van der Waals surface area contributed by atoms with Crippen molar-refractivity contribution in [1.29, 1.82) is 0 Å². The molecule has 4 aromatic rings. The Bertz CT molecular complexity index is 1270. The molecule has 4 heterocycles. The zero-order valence-corrected chi connectivity index (χ0v) is 17.3. The molecule has 0 aliphatic carbocycles. The van der Waals surface area contributed by atoms with Gasteiger partial charge >= 0.3 is 6.03 Å². The molecule has 0 unspecified atom stereocenters. The van der Waals surface area contributed by atoms with Crippen molar-refractivity contribution in [3.63, 3.8) is 0 Å². The van der Waals surface area contributed by atoms with Crippen LogP contribution in [0.4, 0.5) is 20.6 Å². The number of fused-ring (bicyclic) bond motifs is 1. The van der Waals surface area contributed by atoms with Crippen LogP contribution < -0.4 is 15.4 Å². The molecule has 152 valence electrons. The highest BCUT2D eigenvalue weighted by Crippen LogP contribution is 2.37. The lowest BCUT2D eigenvalue weighted by atomic mass is 10.1. The van der Waals surface area contributed by atoms with Gasteiger partial charge in [0.15, 0.2) is 0 Å². The summed E-state index contributed by atoms with van der Waals surface area (Å²) < 4.78 is 19.5. The number of thiazole rings is 1. The molecule has 0 saturated carbocycles. The molecule has 8 nitrogen and oxygen atoms in total. The fraction of sp³-hybridized carbons (Fsp3) is 0.105. The number of aromatic nitrogens is 4. The molecule has 0 radical (unpaired) electrons. The number of amides is 2. The number of hydrogen-bond donors (Lipinski definition) is 2. The number of carbonyl (C=O) groups excluding carboxylic acids is 1. The topological polar surface area (TPSA) is 102 Å². The van der Waals surface area contributed by atoms with Gasteiger partial charge in [0.2, 0.25) is 5.88 Å². The zero-order chi connectivity index (χ0) is 21.3. The molecule has 2 amide bonds. The average Bonchev–Trinajstić information content (AvgIpc) is 3.09. The van der Waals surface area contributed by atoms with Gasteiger partial charge in [-0.25, -0.2) is 24.1 Å². The van der Waals surface area contributed by atoms with Gasteiger partial charge in [0.05, 0.1) is 42.1 Å². The van der Waals surface area contributed by atoms with Crippen LogP contribution in [0, 0.1) is 12.7 Å². The number of aryl methyl sites for hydroxylation is 1.